The van der Waals surface area contributed by atoms with Gasteiger partial charge in [-0.3, -0.25) is 4.79 Å². The van der Waals surface area contributed by atoms with E-state index < -0.39 is 0 Å². The first-order chi connectivity index (χ1) is 9.24. The molecular formula is C15H17ClN2O. The summed E-state index contributed by atoms with van der Waals surface area (Å²) in [5.41, 5.74) is 4.70. The van der Waals surface area contributed by atoms with Crippen LogP contribution in [0.15, 0.2) is 29.4 Å². The van der Waals surface area contributed by atoms with Gasteiger partial charge >= 0.3 is 0 Å². The number of halogens is 1. The fourth-order valence-electron chi connectivity index (χ4n) is 3.12. The van der Waals surface area contributed by atoms with Crippen LogP contribution >= 0.6 is 11.6 Å². The summed E-state index contributed by atoms with van der Waals surface area (Å²) < 4.78 is 0. The highest BCUT2D eigenvalue weighted by molar-refractivity contribution is 6.30. The van der Waals surface area contributed by atoms with E-state index in [1.807, 2.05) is 24.3 Å². The lowest BCUT2D eigenvalue weighted by Crippen LogP contribution is -2.38. The molecule has 0 aromatic heterocycles. The van der Waals surface area contributed by atoms with Crippen molar-refractivity contribution in [1.82, 2.24) is 5.43 Å². The number of hydrogen-bond acceptors (Lipinski definition) is 2. The fourth-order valence-corrected chi connectivity index (χ4v) is 3.24. The molecule has 1 unspecified atom stereocenters. The molecule has 0 spiro atoms. The summed E-state index contributed by atoms with van der Waals surface area (Å²) in [5.74, 6) is 0.702. The van der Waals surface area contributed by atoms with Crippen LogP contribution in [0.25, 0.3) is 0 Å². The highest BCUT2D eigenvalue weighted by Gasteiger charge is 2.34. The Kier molecular flexibility index (Phi) is 3.56. The minimum absolute atomic E-state index is 0.0876. The van der Waals surface area contributed by atoms with Gasteiger partial charge in [0.15, 0.2) is 0 Å². The second-order valence-corrected chi connectivity index (χ2v) is 5.83. The molecule has 1 saturated carbocycles. The topological polar surface area (TPSA) is 41.5 Å². The second kappa shape index (κ2) is 5.33. The number of hydrazone groups is 1. The SMILES string of the molecule is O=C1NN=C(c2ccc(Cl)cc2)CC1C1CCCC1. The van der Waals surface area contributed by atoms with Crippen molar-refractivity contribution in [2.45, 2.75) is 32.1 Å². The van der Waals surface area contributed by atoms with Gasteiger partial charge in [0.25, 0.3) is 0 Å². The molecule has 1 aliphatic carbocycles. The van der Waals surface area contributed by atoms with Crippen molar-refractivity contribution >= 4 is 23.2 Å². The van der Waals surface area contributed by atoms with Crippen molar-refractivity contribution in [3.05, 3.63) is 34.9 Å². The van der Waals surface area contributed by atoms with E-state index >= 15 is 0 Å². The number of nitrogens with zero attached hydrogens (tertiary/aromatic N) is 1. The van der Waals surface area contributed by atoms with Crippen molar-refractivity contribution in [1.29, 1.82) is 0 Å². The van der Waals surface area contributed by atoms with E-state index in [2.05, 4.69) is 10.5 Å². The van der Waals surface area contributed by atoms with Crippen LogP contribution in [0.2, 0.25) is 5.02 Å². The van der Waals surface area contributed by atoms with E-state index in [4.69, 9.17) is 11.6 Å². The number of amides is 1. The van der Waals surface area contributed by atoms with Crippen molar-refractivity contribution in [2.75, 3.05) is 0 Å². The van der Waals surface area contributed by atoms with Crippen molar-refractivity contribution < 1.29 is 4.79 Å². The predicted octanol–water partition coefficient (Wildman–Crippen LogP) is 3.37. The van der Waals surface area contributed by atoms with Crippen molar-refractivity contribution in [2.24, 2.45) is 16.9 Å². The Hall–Kier alpha value is -1.35. The lowest BCUT2D eigenvalue weighted by atomic mass is 9.84. The van der Waals surface area contributed by atoms with Gasteiger partial charge in [0.1, 0.15) is 0 Å². The molecule has 1 atom stereocenters. The standard InChI is InChI=1S/C15H17ClN2O/c16-12-7-5-11(6-8-12)14-9-13(15(19)18-17-14)10-3-1-2-4-10/h5-8,10,13H,1-4,9H2,(H,18,19). The largest absolute Gasteiger partial charge is 0.273 e. The Morgan fingerprint density at radius 1 is 1.16 bits per heavy atom. The van der Waals surface area contributed by atoms with Gasteiger partial charge in [-0.2, -0.15) is 5.10 Å². The third kappa shape index (κ3) is 2.66. The summed E-state index contributed by atoms with van der Waals surface area (Å²) in [5, 5.41) is 4.93. The van der Waals surface area contributed by atoms with Gasteiger partial charge < -0.3 is 0 Å². The van der Waals surface area contributed by atoms with Crippen LogP contribution in [-0.2, 0) is 4.79 Å². The third-order valence-electron chi connectivity index (χ3n) is 4.20. The number of nitrogens with one attached hydrogen (secondary N) is 1. The maximum Gasteiger partial charge on any atom is 0.243 e. The summed E-state index contributed by atoms with van der Waals surface area (Å²) in [6.45, 7) is 0. The zero-order valence-corrected chi connectivity index (χ0v) is 11.5. The summed E-state index contributed by atoms with van der Waals surface area (Å²) in [7, 11) is 0. The van der Waals surface area contributed by atoms with E-state index in [-0.39, 0.29) is 11.8 Å². The first-order valence-corrected chi connectivity index (χ1v) is 7.24. The van der Waals surface area contributed by atoms with Gasteiger partial charge in [-0.25, -0.2) is 5.43 Å². The Balaban J connectivity index is 1.80. The van der Waals surface area contributed by atoms with Crippen molar-refractivity contribution in [3.8, 4) is 0 Å². The van der Waals surface area contributed by atoms with Crippen LogP contribution < -0.4 is 5.43 Å². The average Bonchev–Trinajstić information content (AvgIpc) is 2.94. The van der Waals surface area contributed by atoms with Gasteiger partial charge in [-0.05, 0) is 36.5 Å². The first kappa shape index (κ1) is 12.7. The molecule has 2 aliphatic rings. The summed E-state index contributed by atoms with van der Waals surface area (Å²) in [4.78, 5) is 12.0. The zero-order chi connectivity index (χ0) is 13.2. The van der Waals surface area contributed by atoms with Gasteiger partial charge in [0.2, 0.25) is 5.91 Å². The van der Waals surface area contributed by atoms with Gasteiger partial charge in [-0.15, -0.1) is 0 Å². The minimum atomic E-state index is 0.0876. The molecule has 19 heavy (non-hydrogen) atoms. The van der Waals surface area contributed by atoms with Crippen LogP contribution in [0.3, 0.4) is 0 Å². The van der Waals surface area contributed by atoms with Gasteiger partial charge in [0, 0.05) is 17.4 Å². The molecule has 100 valence electrons. The Bertz CT molecular complexity index is 503. The second-order valence-electron chi connectivity index (χ2n) is 5.40. The predicted molar refractivity (Wildman–Crippen MR) is 76.2 cm³/mol. The number of benzene rings is 1. The zero-order valence-electron chi connectivity index (χ0n) is 10.7. The normalized spacial score (nSPS) is 24.2. The number of carbonyl (C=O) groups excluding carboxylic acids is 1. The average molecular weight is 277 g/mol. The fraction of sp³-hybridized carbons (Fsp3) is 0.467. The Morgan fingerprint density at radius 2 is 1.84 bits per heavy atom. The molecular weight excluding hydrogens is 260 g/mol. The Labute approximate surface area is 118 Å². The van der Waals surface area contributed by atoms with Gasteiger partial charge in [-0.1, -0.05) is 36.6 Å². The molecule has 0 bridgehead atoms. The Morgan fingerprint density at radius 3 is 2.53 bits per heavy atom. The molecule has 1 heterocycles. The number of hydrogen-bond donors (Lipinski definition) is 1. The summed E-state index contributed by atoms with van der Waals surface area (Å²) in [6.07, 6.45) is 5.60. The van der Waals surface area contributed by atoms with Crippen LogP contribution in [0.1, 0.15) is 37.7 Å². The monoisotopic (exact) mass is 276 g/mol. The molecule has 0 saturated heterocycles. The smallest absolute Gasteiger partial charge is 0.243 e. The molecule has 1 aromatic rings. The maximum absolute atomic E-state index is 12.0. The molecule has 1 aliphatic heterocycles. The summed E-state index contributed by atoms with van der Waals surface area (Å²) in [6, 6.07) is 7.65. The van der Waals surface area contributed by atoms with E-state index in [9.17, 15) is 4.79 Å². The molecule has 0 radical (unpaired) electrons. The van der Waals surface area contributed by atoms with E-state index in [0.29, 0.717) is 5.92 Å². The van der Waals surface area contributed by atoms with Crippen LogP contribution in [0.4, 0.5) is 0 Å². The van der Waals surface area contributed by atoms with Crippen LogP contribution in [-0.4, -0.2) is 11.6 Å². The lowest BCUT2D eigenvalue weighted by Gasteiger charge is -2.26. The molecule has 1 N–H and O–H groups in total. The minimum Gasteiger partial charge on any atom is -0.273 e. The maximum atomic E-state index is 12.0. The summed E-state index contributed by atoms with van der Waals surface area (Å²) >= 11 is 5.90. The molecule has 3 nitrogen and oxygen atoms in total. The van der Waals surface area contributed by atoms with E-state index in [1.54, 1.807) is 0 Å². The molecule has 1 fully saturated rings. The van der Waals surface area contributed by atoms with E-state index in [1.165, 1.54) is 25.7 Å². The van der Waals surface area contributed by atoms with Crippen molar-refractivity contribution in [3.63, 3.8) is 0 Å². The van der Waals surface area contributed by atoms with Crippen LogP contribution in [0.5, 0.6) is 0 Å². The lowest BCUT2D eigenvalue weighted by molar-refractivity contribution is -0.126. The van der Waals surface area contributed by atoms with Gasteiger partial charge in [0.05, 0.1) is 5.71 Å². The molecule has 1 aromatic carbocycles. The van der Waals surface area contributed by atoms with E-state index in [0.717, 1.165) is 22.7 Å². The molecule has 1 amide bonds. The first-order valence-electron chi connectivity index (χ1n) is 6.86. The quantitative estimate of drug-likeness (QED) is 0.884. The van der Waals surface area contributed by atoms with Crippen LogP contribution in [0, 0.1) is 11.8 Å². The third-order valence-corrected chi connectivity index (χ3v) is 4.45. The highest BCUT2D eigenvalue weighted by Crippen LogP contribution is 2.35. The highest BCUT2D eigenvalue weighted by atomic mass is 35.5. The number of carbonyl (C=O) groups is 1. The number of rotatable bonds is 2. The molecule has 3 rings (SSSR count). The molecule has 4 heteroatoms.